The Morgan fingerprint density at radius 2 is 2.00 bits per heavy atom. The van der Waals surface area contributed by atoms with E-state index < -0.39 is 0 Å². The standard InChI is InChI=1S/C13H19ClN2O/c1-5-10(6-2)7-11(17)8-12-9(3)15-16(4)13(12)14/h7H,5-6,8H2,1-4H3. The third-order valence-electron chi connectivity index (χ3n) is 2.89. The van der Waals surface area contributed by atoms with Crippen LogP contribution in [0.4, 0.5) is 0 Å². The largest absolute Gasteiger partial charge is 0.294 e. The number of ketones is 1. The quantitative estimate of drug-likeness (QED) is 0.756. The molecular formula is C13H19ClN2O. The van der Waals surface area contributed by atoms with Gasteiger partial charge in [-0.15, -0.1) is 0 Å². The maximum Gasteiger partial charge on any atom is 0.160 e. The van der Waals surface area contributed by atoms with Gasteiger partial charge in [-0.2, -0.15) is 5.10 Å². The molecule has 0 aliphatic rings. The predicted molar refractivity (Wildman–Crippen MR) is 70.3 cm³/mol. The zero-order valence-corrected chi connectivity index (χ0v) is 11.6. The van der Waals surface area contributed by atoms with Crippen molar-refractivity contribution in [1.29, 1.82) is 0 Å². The van der Waals surface area contributed by atoms with E-state index in [1.807, 2.05) is 6.92 Å². The second kappa shape index (κ2) is 6.01. The molecule has 0 atom stereocenters. The summed E-state index contributed by atoms with van der Waals surface area (Å²) < 4.78 is 1.60. The van der Waals surface area contributed by atoms with Crippen LogP contribution >= 0.6 is 11.6 Å². The molecule has 1 rings (SSSR count). The van der Waals surface area contributed by atoms with Crippen molar-refractivity contribution >= 4 is 17.4 Å². The maximum atomic E-state index is 11.9. The van der Waals surface area contributed by atoms with E-state index in [2.05, 4.69) is 18.9 Å². The third-order valence-corrected chi connectivity index (χ3v) is 3.37. The first-order valence-corrected chi connectivity index (χ1v) is 6.27. The number of halogens is 1. The van der Waals surface area contributed by atoms with Gasteiger partial charge in [0.15, 0.2) is 5.78 Å². The van der Waals surface area contributed by atoms with Crippen molar-refractivity contribution in [2.45, 2.75) is 40.0 Å². The molecule has 1 aromatic rings. The van der Waals surface area contributed by atoms with Crippen LogP contribution in [0.15, 0.2) is 11.6 Å². The molecule has 0 aliphatic carbocycles. The summed E-state index contributed by atoms with van der Waals surface area (Å²) in [6, 6.07) is 0. The van der Waals surface area contributed by atoms with E-state index >= 15 is 0 Å². The van der Waals surface area contributed by atoms with E-state index in [0.717, 1.165) is 24.1 Å². The fourth-order valence-electron chi connectivity index (χ4n) is 1.78. The van der Waals surface area contributed by atoms with Crippen LogP contribution in [0.2, 0.25) is 5.15 Å². The lowest BCUT2D eigenvalue weighted by Gasteiger charge is -2.00. The molecule has 94 valence electrons. The highest BCUT2D eigenvalue weighted by Gasteiger charge is 2.13. The van der Waals surface area contributed by atoms with Crippen molar-refractivity contribution in [1.82, 2.24) is 9.78 Å². The molecule has 0 unspecified atom stereocenters. The van der Waals surface area contributed by atoms with Gasteiger partial charge in [0, 0.05) is 19.0 Å². The minimum absolute atomic E-state index is 0.0988. The summed E-state index contributed by atoms with van der Waals surface area (Å²) in [6.45, 7) is 5.99. The lowest BCUT2D eigenvalue weighted by Crippen LogP contribution is -2.01. The summed E-state index contributed by atoms with van der Waals surface area (Å²) in [4.78, 5) is 11.9. The van der Waals surface area contributed by atoms with Gasteiger partial charge in [0.1, 0.15) is 5.15 Å². The summed E-state index contributed by atoms with van der Waals surface area (Å²) in [7, 11) is 1.78. The Balaban J connectivity index is 2.85. The molecule has 0 saturated heterocycles. The predicted octanol–water partition coefficient (Wildman–Crippen LogP) is 3.24. The first-order valence-electron chi connectivity index (χ1n) is 5.89. The lowest BCUT2D eigenvalue weighted by atomic mass is 10.1. The van der Waals surface area contributed by atoms with Crippen LogP contribution in [-0.4, -0.2) is 15.6 Å². The van der Waals surface area contributed by atoms with Crippen molar-refractivity contribution in [3.8, 4) is 0 Å². The molecule has 0 aliphatic heterocycles. The molecule has 0 bridgehead atoms. The minimum Gasteiger partial charge on any atom is -0.294 e. The summed E-state index contributed by atoms with van der Waals surface area (Å²) in [5.74, 6) is 0.0988. The third kappa shape index (κ3) is 3.43. The Kier molecular flexibility index (Phi) is 4.94. The maximum absolute atomic E-state index is 11.9. The Labute approximate surface area is 107 Å². The molecule has 1 aromatic heterocycles. The van der Waals surface area contributed by atoms with Crippen LogP contribution in [0.1, 0.15) is 37.9 Å². The van der Waals surface area contributed by atoms with Gasteiger partial charge in [0.2, 0.25) is 0 Å². The first kappa shape index (κ1) is 14.0. The number of carbonyl (C=O) groups excluding carboxylic acids is 1. The molecule has 4 heteroatoms. The molecule has 0 fully saturated rings. The van der Waals surface area contributed by atoms with Crippen LogP contribution in [0.3, 0.4) is 0 Å². The molecule has 0 amide bonds. The van der Waals surface area contributed by atoms with Crippen LogP contribution in [0.25, 0.3) is 0 Å². The molecule has 17 heavy (non-hydrogen) atoms. The molecule has 1 heterocycles. The smallest absolute Gasteiger partial charge is 0.160 e. The zero-order valence-electron chi connectivity index (χ0n) is 10.9. The van der Waals surface area contributed by atoms with Gasteiger partial charge in [-0.25, -0.2) is 0 Å². The second-order valence-corrected chi connectivity index (χ2v) is 4.49. The number of allylic oxidation sites excluding steroid dienone is 2. The van der Waals surface area contributed by atoms with Crippen molar-refractivity contribution in [2.24, 2.45) is 7.05 Å². The number of aromatic nitrogens is 2. The van der Waals surface area contributed by atoms with Gasteiger partial charge in [0.05, 0.1) is 5.69 Å². The minimum atomic E-state index is 0.0988. The molecule has 0 radical (unpaired) electrons. The monoisotopic (exact) mass is 254 g/mol. The highest BCUT2D eigenvalue weighted by atomic mass is 35.5. The fourth-order valence-corrected chi connectivity index (χ4v) is 2.02. The topological polar surface area (TPSA) is 34.9 Å². The van der Waals surface area contributed by atoms with Crippen molar-refractivity contribution in [3.05, 3.63) is 28.1 Å². The van der Waals surface area contributed by atoms with E-state index in [-0.39, 0.29) is 5.78 Å². The second-order valence-electron chi connectivity index (χ2n) is 4.13. The number of hydrogen-bond donors (Lipinski definition) is 0. The number of carbonyl (C=O) groups is 1. The van der Waals surface area contributed by atoms with Crippen LogP contribution in [0, 0.1) is 6.92 Å². The Hall–Kier alpha value is -1.09. The van der Waals surface area contributed by atoms with Gasteiger partial charge < -0.3 is 0 Å². The Bertz CT molecular complexity index is 441. The molecule has 0 spiro atoms. The number of hydrogen-bond acceptors (Lipinski definition) is 2. The normalized spacial score (nSPS) is 10.4. The highest BCUT2D eigenvalue weighted by Crippen LogP contribution is 2.20. The van der Waals surface area contributed by atoms with Gasteiger partial charge >= 0.3 is 0 Å². The van der Waals surface area contributed by atoms with Crippen molar-refractivity contribution in [3.63, 3.8) is 0 Å². The Morgan fingerprint density at radius 1 is 1.41 bits per heavy atom. The van der Waals surface area contributed by atoms with E-state index in [0.29, 0.717) is 11.6 Å². The number of aryl methyl sites for hydroxylation is 2. The first-order chi connectivity index (χ1) is 7.99. The van der Waals surface area contributed by atoms with Crippen LogP contribution in [0.5, 0.6) is 0 Å². The highest BCUT2D eigenvalue weighted by molar-refractivity contribution is 6.30. The van der Waals surface area contributed by atoms with E-state index in [1.54, 1.807) is 17.8 Å². The average molecular weight is 255 g/mol. The van der Waals surface area contributed by atoms with Crippen LogP contribution < -0.4 is 0 Å². The van der Waals surface area contributed by atoms with Crippen LogP contribution in [-0.2, 0) is 18.3 Å². The summed E-state index contributed by atoms with van der Waals surface area (Å²) >= 11 is 6.09. The average Bonchev–Trinajstić information content (AvgIpc) is 2.53. The summed E-state index contributed by atoms with van der Waals surface area (Å²) in [5, 5.41) is 4.75. The lowest BCUT2D eigenvalue weighted by molar-refractivity contribution is -0.114. The summed E-state index contributed by atoms with van der Waals surface area (Å²) in [5.41, 5.74) is 2.84. The molecule has 0 N–H and O–H groups in total. The van der Waals surface area contributed by atoms with Gasteiger partial charge in [0.25, 0.3) is 0 Å². The SMILES string of the molecule is CCC(=CC(=O)Cc1c(C)nn(C)c1Cl)CC. The summed E-state index contributed by atoms with van der Waals surface area (Å²) in [6.07, 6.45) is 3.91. The molecular weight excluding hydrogens is 236 g/mol. The van der Waals surface area contributed by atoms with E-state index in [4.69, 9.17) is 11.6 Å². The van der Waals surface area contributed by atoms with Crippen molar-refractivity contribution < 1.29 is 4.79 Å². The molecule has 0 aromatic carbocycles. The molecule has 0 saturated carbocycles. The zero-order chi connectivity index (χ0) is 13.0. The van der Waals surface area contributed by atoms with Crippen molar-refractivity contribution in [2.75, 3.05) is 0 Å². The fraction of sp³-hybridized carbons (Fsp3) is 0.538. The number of rotatable bonds is 5. The van der Waals surface area contributed by atoms with Gasteiger partial charge in [-0.1, -0.05) is 31.0 Å². The van der Waals surface area contributed by atoms with E-state index in [9.17, 15) is 4.79 Å². The van der Waals surface area contributed by atoms with Gasteiger partial charge in [-0.3, -0.25) is 9.48 Å². The Morgan fingerprint density at radius 3 is 2.41 bits per heavy atom. The molecule has 3 nitrogen and oxygen atoms in total. The number of nitrogens with zero attached hydrogens (tertiary/aromatic N) is 2. The van der Waals surface area contributed by atoms with Gasteiger partial charge in [-0.05, 0) is 25.8 Å². The van der Waals surface area contributed by atoms with E-state index in [1.165, 1.54) is 5.57 Å².